The minimum absolute atomic E-state index is 0.451. The topological polar surface area (TPSA) is 116 Å². The van der Waals surface area contributed by atoms with Crippen LogP contribution in [0.2, 0.25) is 0 Å². The second-order valence-corrected chi connectivity index (χ2v) is 6.48. The number of aromatic nitrogens is 4. The van der Waals surface area contributed by atoms with Crippen molar-refractivity contribution in [1.82, 2.24) is 19.9 Å². The first-order valence-corrected chi connectivity index (χ1v) is 9.59. The maximum absolute atomic E-state index is 5.32. The lowest BCUT2D eigenvalue weighted by atomic mass is 10.2. The van der Waals surface area contributed by atoms with E-state index in [-0.39, 0.29) is 0 Å². The quantitative estimate of drug-likeness (QED) is 0.319. The fourth-order valence-corrected chi connectivity index (χ4v) is 2.97. The van der Waals surface area contributed by atoms with E-state index in [0.29, 0.717) is 34.2 Å². The predicted octanol–water partition coefficient (Wildman–Crippen LogP) is 3.64. The van der Waals surface area contributed by atoms with Crippen LogP contribution in [0, 0.1) is 0 Å². The van der Waals surface area contributed by atoms with E-state index in [0.717, 1.165) is 17.0 Å². The zero-order chi connectivity index (χ0) is 22.3. The summed E-state index contributed by atoms with van der Waals surface area (Å²) in [5.41, 5.74) is 5.67. The Kier molecular flexibility index (Phi) is 6.21. The largest absolute Gasteiger partial charge is 0.497 e. The van der Waals surface area contributed by atoms with Crippen molar-refractivity contribution in [3.05, 3.63) is 60.7 Å². The number of nitrogens with one attached hydrogen (secondary N) is 2. The van der Waals surface area contributed by atoms with Crippen molar-refractivity contribution < 1.29 is 14.2 Å². The molecule has 2 aromatic carbocycles. The molecule has 0 spiro atoms. The van der Waals surface area contributed by atoms with Gasteiger partial charge in [0.05, 0.1) is 27.5 Å². The van der Waals surface area contributed by atoms with Crippen LogP contribution in [0.5, 0.6) is 17.2 Å². The normalized spacial score (nSPS) is 10.8. The monoisotopic (exact) mass is 431 g/mol. The maximum Gasteiger partial charge on any atom is 0.176 e. The van der Waals surface area contributed by atoms with Crippen molar-refractivity contribution in [1.29, 1.82) is 0 Å². The van der Waals surface area contributed by atoms with Gasteiger partial charge in [0, 0.05) is 5.69 Å². The lowest BCUT2D eigenvalue weighted by molar-refractivity contribution is 0.355. The molecule has 0 saturated heterocycles. The fraction of sp³-hybridized carbons (Fsp3) is 0.136. The summed E-state index contributed by atoms with van der Waals surface area (Å²) in [6, 6.07) is 13.0. The van der Waals surface area contributed by atoms with Gasteiger partial charge in [-0.3, -0.25) is 5.43 Å². The molecule has 0 saturated carbocycles. The van der Waals surface area contributed by atoms with Crippen LogP contribution in [0.4, 0.5) is 17.3 Å². The minimum Gasteiger partial charge on any atom is -0.497 e. The van der Waals surface area contributed by atoms with Gasteiger partial charge < -0.3 is 19.5 Å². The molecule has 2 heterocycles. The lowest BCUT2D eigenvalue weighted by Gasteiger charge is -2.09. The van der Waals surface area contributed by atoms with Gasteiger partial charge in [0.25, 0.3) is 0 Å². The molecule has 32 heavy (non-hydrogen) atoms. The summed E-state index contributed by atoms with van der Waals surface area (Å²) in [5, 5.41) is 7.51. The van der Waals surface area contributed by atoms with Crippen LogP contribution in [0.1, 0.15) is 5.56 Å². The second-order valence-electron chi connectivity index (χ2n) is 6.48. The first-order valence-electron chi connectivity index (χ1n) is 9.59. The Labute approximate surface area is 184 Å². The zero-order valence-electron chi connectivity index (χ0n) is 17.7. The third-order valence-corrected chi connectivity index (χ3v) is 4.56. The van der Waals surface area contributed by atoms with Crippen molar-refractivity contribution in [3.63, 3.8) is 0 Å². The molecule has 0 aliphatic rings. The average Bonchev–Trinajstić information content (AvgIpc) is 2.85. The summed E-state index contributed by atoms with van der Waals surface area (Å²) in [5.74, 6) is 3.03. The van der Waals surface area contributed by atoms with Gasteiger partial charge in [-0.25, -0.2) is 19.9 Å². The van der Waals surface area contributed by atoms with Gasteiger partial charge in [0.15, 0.2) is 23.1 Å². The number of benzene rings is 2. The average molecular weight is 431 g/mol. The van der Waals surface area contributed by atoms with E-state index in [1.54, 1.807) is 27.5 Å². The zero-order valence-corrected chi connectivity index (χ0v) is 17.7. The van der Waals surface area contributed by atoms with Gasteiger partial charge in [-0.2, -0.15) is 5.10 Å². The molecular formula is C22H21N7O3. The van der Waals surface area contributed by atoms with Crippen LogP contribution in [0.15, 0.2) is 60.2 Å². The molecule has 0 aliphatic heterocycles. The SMILES string of the molecule is COc1ccc(Nc2ncnc3c(NN=Cc4ccc(OC)c(OC)c4)ncnc23)cc1. The van der Waals surface area contributed by atoms with Gasteiger partial charge >= 0.3 is 0 Å². The van der Waals surface area contributed by atoms with Crippen molar-refractivity contribution in [3.8, 4) is 17.2 Å². The number of anilines is 3. The van der Waals surface area contributed by atoms with Gasteiger partial charge in [0.2, 0.25) is 0 Å². The van der Waals surface area contributed by atoms with Gasteiger partial charge in [-0.05, 0) is 48.0 Å². The van der Waals surface area contributed by atoms with E-state index in [9.17, 15) is 0 Å². The summed E-state index contributed by atoms with van der Waals surface area (Å²) >= 11 is 0. The molecule has 10 heteroatoms. The molecule has 0 fully saturated rings. The minimum atomic E-state index is 0.451. The highest BCUT2D eigenvalue weighted by Crippen LogP contribution is 2.27. The highest BCUT2D eigenvalue weighted by Gasteiger charge is 2.10. The van der Waals surface area contributed by atoms with Crippen molar-refractivity contribution in [2.45, 2.75) is 0 Å². The maximum atomic E-state index is 5.32. The van der Waals surface area contributed by atoms with Crippen LogP contribution < -0.4 is 25.0 Å². The molecular weight excluding hydrogens is 410 g/mol. The smallest absolute Gasteiger partial charge is 0.176 e. The van der Waals surface area contributed by atoms with Crippen LogP contribution in [-0.4, -0.2) is 47.5 Å². The van der Waals surface area contributed by atoms with Crippen LogP contribution >= 0.6 is 0 Å². The molecule has 0 bridgehead atoms. The standard InChI is InChI=1S/C22H21N7O3/c1-30-16-7-5-15(6-8-16)28-21-19-20(24-12-25-21)22(26-13-23-19)29-27-11-14-4-9-17(31-2)18(10-14)32-3/h4-13H,1-3H3,(H,23,26,29)(H,24,25,28). The Morgan fingerprint density at radius 2 is 1.44 bits per heavy atom. The first-order chi connectivity index (χ1) is 15.7. The summed E-state index contributed by atoms with van der Waals surface area (Å²) in [7, 11) is 4.80. The van der Waals surface area contributed by atoms with E-state index in [1.807, 2.05) is 42.5 Å². The Morgan fingerprint density at radius 1 is 0.750 bits per heavy atom. The fourth-order valence-electron chi connectivity index (χ4n) is 2.97. The van der Waals surface area contributed by atoms with Crippen LogP contribution in [0.25, 0.3) is 11.0 Å². The summed E-state index contributed by atoms with van der Waals surface area (Å²) in [6.45, 7) is 0. The number of hydrazone groups is 1. The second kappa shape index (κ2) is 9.56. The van der Waals surface area contributed by atoms with Crippen LogP contribution in [0.3, 0.4) is 0 Å². The van der Waals surface area contributed by atoms with E-state index >= 15 is 0 Å². The van der Waals surface area contributed by atoms with Gasteiger partial charge in [-0.15, -0.1) is 0 Å². The Balaban J connectivity index is 1.56. The van der Waals surface area contributed by atoms with Gasteiger partial charge in [-0.1, -0.05) is 0 Å². The highest BCUT2D eigenvalue weighted by molar-refractivity contribution is 5.93. The molecule has 0 amide bonds. The Hall–Kier alpha value is -4.47. The Morgan fingerprint density at radius 3 is 2.12 bits per heavy atom. The number of methoxy groups -OCH3 is 3. The highest BCUT2D eigenvalue weighted by atomic mass is 16.5. The number of hydrogen-bond donors (Lipinski definition) is 2. The molecule has 0 aliphatic carbocycles. The predicted molar refractivity (Wildman–Crippen MR) is 122 cm³/mol. The molecule has 0 unspecified atom stereocenters. The van der Waals surface area contributed by atoms with Crippen LogP contribution in [-0.2, 0) is 0 Å². The molecule has 4 rings (SSSR count). The summed E-state index contributed by atoms with van der Waals surface area (Å²) in [6.07, 6.45) is 4.52. The number of ether oxygens (including phenoxy) is 3. The molecule has 4 aromatic rings. The van der Waals surface area contributed by atoms with E-state index in [1.165, 1.54) is 12.7 Å². The van der Waals surface area contributed by atoms with E-state index < -0.39 is 0 Å². The first kappa shape index (κ1) is 20.8. The molecule has 2 N–H and O–H groups in total. The molecule has 2 aromatic heterocycles. The van der Waals surface area contributed by atoms with Gasteiger partial charge in [0.1, 0.15) is 29.4 Å². The Bertz CT molecular complexity index is 1250. The third-order valence-electron chi connectivity index (χ3n) is 4.56. The molecule has 0 radical (unpaired) electrons. The molecule has 10 nitrogen and oxygen atoms in total. The van der Waals surface area contributed by atoms with Crippen molar-refractivity contribution >= 4 is 34.6 Å². The molecule has 0 atom stereocenters. The lowest BCUT2D eigenvalue weighted by Crippen LogP contribution is -2.02. The van der Waals surface area contributed by atoms with E-state index in [2.05, 4.69) is 35.8 Å². The number of rotatable bonds is 8. The molecule has 162 valence electrons. The van der Waals surface area contributed by atoms with Crippen molar-refractivity contribution in [2.24, 2.45) is 5.10 Å². The number of hydrogen-bond acceptors (Lipinski definition) is 10. The summed E-state index contributed by atoms with van der Waals surface area (Å²) < 4.78 is 15.8. The van der Waals surface area contributed by atoms with Crippen molar-refractivity contribution in [2.75, 3.05) is 32.1 Å². The van der Waals surface area contributed by atoms with E-state index in [4.69, 9.17) is 14.2 Å². The third kappa shape index (κ3) is 4.48. The number of nitrogens with zero attached hydrogens (tertiary/aromatic N) is 5. The number of fused-ring (bicyclic) bond motifs is 1. The summed E-state index contributed by atoms with van der Waals surface area (Å²) in [4.78, 5) is 17.2.